The van der Waals surface area contributed by atoms with Crippen molar-refractivity contribution in [2.45, 2.75) is 68.9 Å². The van der Waals surface area contributed by atoms with E-state index < -0.39 is 36.8 Å². The van der Waals surface area contributed by atoms with E-state index in [1.165, 1.54) is 0 Å². The van der Waals surface area contributed by atoms with Gasteiger partial charge in [-0.25, -0.2) is 0 Å². The fourth-order valence-electron chi connectivity index (χ4n) is 1.69. The third-order valence-electron chi connectivity index (χ3n) is 3.05. The van der Waals surface area contributed by atoms with Gasteiger partial charge in [0.1, 0.15) is 0 Å². The number of hydrogen-bond donors (Lipinski definition) is 0. The van der Waals surface area contributed by atoms with Gasteiger partial charge in [0.2, 0.25) is 0 Å². The van der Waals surface area contributed by atoms with Gasteiger partial charge in [-0.2, -0.15) is 13.2 Å². The molecule has 0 saturated carbocycles. The molecule has 0 radical (unpaired) electrons. The van der Waals surface area contributed by atoms with Gasteiger partial charge in [0.15, 0.2) is 0 Å². The zero-order valence-corrected chi connectivity index (χ0v) is 12.6. The van der Waals surface area contributed by atoms with Gasteiger partial charge >= 0.3 is 113 Å². The van der Waals surface area contributed by atoms with E-state index in [9.17, 15) is 44.1 Å². The van der Waals surface area contributed by atoms with E-state index in [1.54, 1.807) is 0 Å². The summed E-state index contributed by atoms with van der Waals surface area (Å²) < 4.78 is 123. The van der Waals surface area contributed by atoms with Crippen molar-refractivity contribution in [3.63, 3.8) is 0 Å². The fraction of sp³-hybridized carbons (Fsp3) is 0.917. The molecular weight excluding hydrogens is 362 g/mol. The van der Waals surface area contributed by atoms with Crippen molar-refractivity contribution in [1.29, 1.82) is 0 Å². The molecule has 11 heteroatoms. The molecule has 0 atom stereocenters. The molecule has 0 aliphatic rings. The van der Waals surface area contributed by atoms with Gasteiger partial charge in [-0.05, 0) is 0 Å². The molecule has 0 saturated heterocycles. The summed E-state index contributed by atoms with van der Waals surface area (Å²) in [7, 11) is -0.283. The average molecular weight is 376 g/mol. The first-order chi connectivity index (χ1) is 10.3. The van der Waals surface area contributed by atoms with E-state index in [4.69, 9.17) is 0 Å². The molecule has 0 amide bonds. The maximum absolute atomic E-state index is 13.1. The van der Waals surface area contributed by atoms with Gasteiger partial charge < -0.3 is 0 Å². The summed E-state index contributed by atoms with van der Waals surface area (Å²) in [6.07, 6.45) is -7.53. The van der Waals surface area contributed by atoms with E-state index in [1.807, 2.05) is 0 Å². The summed E-state index contributed by atoms with van der Waals surface area (Å²) in [5, 5.41) is 0. The van der Waals surface area contributed by atoms with Crippen molar-refractivity contribution in [1.82, 2.24) is 0 Å². The number of unbranched alkanes of at least 4 members (excludes halogenated alkanes) is 5. The van der Waals surface area contributed by atoms with Crippen LogP contribution in [0.25, 0.3) is 0 Å². The number of rotatable bonds is 9. The number of alkyl halides is 9. The van der Waals surface area contributed by atoms with Crippen LogP contribution in [0.1, 0.15) is 44.9 Å². The minimum atomic E-state index is -6.81. The molecule has 0 bridgehead atoms. The van der Waals surface area contributed by atoms with Gasteiger partial charge in [-0.1, -0.05) is 0 Å². The first kappa shape index (κ1) is 22.4. The van der Waals surface area contributed by atoms with Crippen LogP contribution in [0.15, 0.2) is 0 Å². The Morgan fingerprint density at radius 3 is 1.65 bits per heavy atom. The summed E-state index contributed by atoms with van der Waals surface area (Å²) in [6.45, 7) is 0. The predicted octanol–water partition coefficient (Wildman–Crippen LogP) is 6.44. The Kier molecular flexibility index (Phi) is 8.24. The van der Waals surface area contributed by atoms with E-state index >= 15 is 0 Å². The van der Waals surface area contributed by atoms with Crippen LogP contribution in [0, 0.1) is 5.63 Å². The molecule has 0 heterocycles. The third kappa shape index (κ3) is 5.75. The Labute approximate surface area is 127 Å². The molecule has 0 aromatic heterocycles. The molecule has 0 fully saturated rings. The van der Waals surface area contributed by atoms with E-state index in [0.717, 1.165) is 0 Å². The van der Waals surface area contributed by atoms with Crippen molar-refractivity contribution in [3.05, 3.63) is 0 Å². The molecule has 0 aliphatic heterocycles. The molecule has 0 N–H and O–H groups in total. The summed E-state index contributed by atoms with van der Waals surface area (Å²) in [6, 6.07) is 0. The number of halogens is 9. The van der Waals surface area contributed by atoms with Crippen LogP contribution in [0.5, 0.6) is 0 Å². The van der Waals surface area contributed by atoms with Crippen LogP contribution >= 0.6 is 7.92 Å². The van der Waals surface area contributed by atoms with Gasteiger partial charge in [0, 0.05) is 0 Å². The molecule has 23 heavy (non-hydrogen) atoms. The van der Waals surface area contributed by atoms with E-state index in [-0.39, 0.29) is 14.3 Å². The summed E-state index contributed by atoms with van der Waals surface area (Å²) in [5.41, 5.74) is 2.42. The predicted molar refractivity (Wildman–Crippen MR) is 64.7 cm³/mol. The molecular formula is C12H14F9OP. The van der Waals surface area contributed by atoms with Gasteiger partial charge in [-0.15, -0.1) is 0 Å². The van der Waals surface area contributed by atoms with Gasteiger partial charge in [0.25, 0.3) is 0 Å². The fourth-order valence-corrected chi connectivity index (χ4v) is 1.94. The van der Waals surface area contributed by atoms with Crippen LogP contribution < -0.4 is 0 Å². The van der Waals surface area contributed by atoms with Crippen LogP contribution in [0.4, 0.5) is 39.5 Å². The zero-order valence-electron chi connectivity index (χ0n) is 11.7. The van der Waals surface area contributed by atoms with Crippen LogP contribution in [-0.2, 0) is 4.57 Å². The normalized spacial score (nSPS) is 13.8. The van der Waals surface area contributed by atoms with Crippen molar-refractivity contribution in [2.75, 3.05) is 0 Å². The second-order valence-electron chi connectivity index (χ2n) is 4.87. The SMILES string of the molecule is O=P#CCCCCCCCC(F)(F)C(F)(F)C(F)(F)C(F)(F)F. The minimum Gasteiger partial charge on any atom is -0.165 e. The van der Waals surface area contributed by atoms with Crippen LogP contribution in [-0.4, -0.2) is 23.9 Å². The molecule has 0 spiro atoms. The molecule has 0 rings (SSSR count). The Morgan fingerprint density at radius 1 is 0.696 bits per heavy atom. The summed E-state index contributed by atoms with van der Waals surface area (Å²) >= 11 is 0. The van der Waals surface area contributed by atoms with Crippen molar-refractivity contribution in [3.8, 4) is 5.63 Å². The van der Waals surface area contributed by atoms with Crippen molar-refractivity contribution < 1.29 is 44.1 Å². The quantitative estimate of drug-likeness (QED) is 0.257. The average Bonchev–Trinajstić information content (AvgIpc) is 2.40. The topological polar surface area (TPSA) is 17.1 Å². The Morgan fingerprint density at radius 2 is 1.17 bits per heavy atom. The van der Waals surface area contributed by atoms with Crippen LogP contribution in [0.2, 0.25) is 0 Å². The van der Waals surface area contributed by atoms with Crippen molar-refractivity contribution in [2.24, 2.45) is 0 Å². The molecule has 1 nitrogen and oxygen atoms in total. The van der Waals surface area contributed by atoms with E-state index in [0.29, 0.717) is 25.7 Å². The van der Waals surface area contributed by atoms with Gasteiger partial charge in [0.05, 0.1) is 0 Å². The van der Waals surface area contributed by atoms with Crippen molar-refractivity contribution >= 4 is 7.92 Å². The molecule has 0 unspecified atom stereocenters. The Balaban J connectivity index is 4.50. The maximum atomic E-state index is 13.1. The Hall–Kier alpha value is -0.620. The van der Waals surface area contributed by atoms with Gasteiger partial charge in [-0.3, -0.25) is 0 Å². The summed E-state index contributed by atoms with van der Waals surface area (Å²) in [4.78, 5) is 0. The second kappa shape index (κ2) is 8.47. The van der Waals surface area contributed by atoms with Crippen LogP contribution in [0.3, 0.4) is 0 Å². The molecule has 136 valence electrons. The smallest absolute Gasteiger partial charge is 0.165 e. The number of hydrogen-bond acceptors (Lipinski definition) is 1. The van der Waals surface area contributed by atoms with E-state index in [2.05, 4.69) is 5.63 Å². The molecule has 0 aromatic carbocycles. The summed E-state index contributed by atoms with van der Waals surface area (Å²) in [5.74, 6) is -18.8. The molecule has 0 aromatic rings. The first-order valence-corrected chi connectivity index (χ1v) is 7.38. The standard InChI is InChI=1S/C12H14F9OP/c13-9(14,7-5-3-1-2-4-6-8-23-22)10(15,16)11(17,18)12(19,20)21/h1-7H2. The third-order valence-corrected chi connectivity index (χ3v) is 3.41. The minimum absolute atomic E-state index is 0.0294. The molecule has 0 aliphatic carbocycles. The monoisotopic (exact) mass is 376 g/mol. The second-order valence-corrected chi connectivity index (χ2v) is 5.37. The Bertz CT molecular complexity index is 466. The zero-order chi connectivity index (χ0) is 18.4. The first-order valence-electron chi connectivity index (χ1n) is 6.56.